The molecule has 0 spiro atoms. The van der Waals surface area contributed by atoms with Gasteiger partial charge in [0, 0.05) is 18.8 Å². The van der Waals surface area contributed by atoms with Crippen molar-refractivity contribution in [1.29, 1.82) is 0 Å². The van der Waals surface area contributed by atoms with Crippen molar-refractivity contribution in [2.75, 3.05) is 6.54 Å². The molecule has 3 aromatic rings. The minimum atomic E-state index is 0.603. The van der Waals surface area contributed by atoms with Gasteiger partial charge < -0.3 is 5.73 Å². The zero-order chi connectivity index (χ0) is 11.0. The van der Waals surface area contributed by atoms with Crippen molar-refractivity contribution in [1.82, 2.24) is 14.4 Å². The zero-order valence-corrected chi connectivity index (χ0v) is 8.80. The van der Waals surface area contributed by atoms with E-state index in [1.165, 1.54) is 0 Å². The van der Waals surface area contributed by atoms with E-state index in [1.807, 2.05) is 30.5 Å². The van der Waals surface area contributed by atoms with E-state index in [4.69, 9.17) is 5.73 Å². The zero-order valence-electron chi connectivity index (χ0n) is 8.80. The van der Waals surface area contributed by atoms with Gasteiger partial charge in [0.25, 0.3) is 0 Å². The van der Waals surface area contributed by atoms with Crippen molar-refractivity contribution in [3.8, 4) is 0 Å². The SMILES string of the molecule is NCCc1nccc2nc3ccccn3c12. The van der Waals surface area contributed by atoms with Gasteiger partial charge >= 0.3 is 0 Å². The highest BCUT2D eigenvalue weighted by atomic mass is 15.0. The van der Waals surface area contributed by atoms with Gasteiger partial charge in [-0.1, -0.05) is 6.07 Å². The first-order valence-electron chi connectivity index (χ1n) is 5.31. The second-order valence-corrected chi connectivity index (χ2v) is 3.70. The Labute approximate surface area is 92.7 Å². The highest BCUT2D eigenvalue weighted by Gasteiger charge is 2.08. The van der Waals surface area contributed by atoms with Gasteiger partial charge in [0.1, 0.15) is 5.65 Å². The van der Waals surface area contributed by atoms with Crippen LogP contribution in [0.5, 0.6) is 0 Å². The molecule has 4 nitrogen and oxygen atoms in total. The lowest BCUT2D eigenvalue weighted by Crippen LogP contribution is -2.05. The molecule has 0 aliphatic rings. The summed E-state index contributed by atoms with van der Waals surface area (Å²) in [6.07, 6.45) is 4.58. The summed E-state index contributed by atoms with van der Waals surface area (Å²) in [5.74, 6) is 0. The molecule has 0 aliphatic heterocycles. The maximum atomic E-state index is 5.59. The van der Waals surface area contributed by atoms with E-state index in [9.17, 15) is 0 Å². The van der Waals surface area contributed by atoms with Crippen LogP contribution in [-0.4, -0.2) is 20.9 Å². The Morgan fingerprint density at radius 3 is 3.06 bits per heavy atom. The van der Waals surface area contributed by atoms with Crippen LogP contribution >= 0.6 is 0 Å². The van der Waals surface area contributed by atoms with Gasteiger partial charge in [-0.2, -0.15) is 0 Å². The van der Waals surface area contributed by atoms with Crippen LogP contribution in [0.4, 0.5) is 0 Å². The average molecular weight is 212 g/mol. The molecule has 0 bridgehead atoms. The van der Waals surface area contributed by atoms with E-state index < -0.39 is 0 Å². The highest BCUT2D eigenvalue weighted by Crippen LogP contribution is 2.18. The van der Waals surface area contributed by atoms with Crippen LogP contribution in [0.2, 0.25) is 0 Å². The summed E-state index contributed by atoms with van der Waals surface area (Å²) in [6.45, 7) is 0.603. The molecular formula is C12H12N4. The van der Waals surface area contributed by atoms with Gasteiger partial charge in [-0.05, 0) is 24.7 Å². The van der Waals surface area contributed by atoms with Crippen LogP contribution in [0.3, 0.4) is 0 Å². The monoisotopic (exact) mass is 212 g/mol. The molecule has 0 fully saturated rings. The van der Waals surface area contributed by atoms with Gasteiger partial charge in [0.05, 0.1) is 16.7 Å². The maximum absolute atomic E-state index is 5.59. The third kappa shape index (κ3) is 1.27. The minimum Gasteiger partial charge on any atom is -0.330 e. The Kier molecular flexibility index (Phi) is 2.08. The third-order valence-corrected chi connectivity index (χ3v) is 2.67. The van der Waals surface area contributed by atoms with Gasteiger partial charge in [-0.25, -0.2) is 4.98 Å². The number of hydrogen-bond donors (Lipinski definition) is 1. The van der Waals surface area contributed by atoms with E-state index in [2.05, 4.69) is 14.4 Å². The van der Waals surface area contributed by atoms with Crippen molar-refractivity contribution < 1.29 is 0 Å². The maximum Gasteiger partial charge on any atom is 0.137 e. The average Bonchev–Trinajstić information content (AvgIpc) is 2.68. The Balaban J connectivity index is 2.43. The molecule has 2 N–H and O–H groups in total. The van der Waals surface area contributed by atoms with Crippen LogP contribution in [0.1, 0.15) is 5.69 Å². The second kappa shape index (κ2) is 3.57. The number of nitrogens with two attached hydrogens (primary N) is 1. The highest BCUT2D eigenvalue weighted by molar-refractivity contribution is 5.82. The van der Waals surface area contributed by atoms with Gasteiger partial charge in [0.2, 0.25) is 0 Å². The molecule has 0 aliphatic carbocycles. The number of pyridine rings is 2. The third-order valence-electron chi connectivity index (χ3n) is 2.67. The lowest BCUT2D eigenvalue weighted by molar-refractivity contribution is 0.928. The van der Waals surface area contributed by atoms with Crippen molar-refractivity contribution in [3.63, 3.8) is 0 Å². The first-order valence-corrected chi connectivity index (χ1v) is 5.31. The van der Waals surface area contributed by atoms with Crippen molar-refractivity contribution in [3.05, 3.63) is 42.4 Å². The van der Waals surface area contributed by atoms with E-state index >= 15 is 0 Å². The first-order chi connectivity index (χ1) is 7.90. The van der Waals surface area contributed by atoms with Crippen molar-refractivity contribution >= 4 is 16.7 Å². The number of hydrogen-bond acceptors (Lipinski definition) is 3. The number of imidazole rings is 1. The van der Waals surface area contributed by atoms with E-state index in [0.29, 0.717) is 6.54 Å². The molecule has 3 rings (SSSR count). The van der Waals surface area contributed by atoms with Crippen molar-refractivity contribution in [2.24, 2.45) is 5.73 Å². The fraction of sp³-hybridized carbons (Fsp3) is 0.167. The first kappa shape index (κ1) is 9.30. The standard InChI is InChI=1S/C12H12N4/c13-6-4-9-12-10(5-7-14-9)15-11-3-1-2-8-16(11)12/h1-3,5,7-8H,4,6,13H2. The number of rotatable bonds is 2. The number of aromatic nitrogens is 3. The quantitative estimate of drug-likeness (QED) is 0.698. The fourth-order valence-corrected chi connectivity index (χ4v) is 2.00. The summed E-state index contributed by atoms with van der Waals surface area (Å²) in [6, 6.07) is 7.90. The molecule has 0 unspecified atom stereocenters. The topological polar surface area (TPSA) is 56.2 Å². The molecule has 0 radical (unpaired) electrons. The van der Waals surface area contributed by atoms with Crippen LogP contribution < -0.4 is 5.73 Å². The van der Waals surface area contributed by atoms with Crippen LogP contribution in [0.15, 0.2) is 36.7 Å². The molecule has 4 heteroatoms. The summed E-state index contributed by atoms with van der Waals surface area (Å²) in [7, 11) is 0. The van der Waals surface area contributed by atoms with Crippen LogP contribution in [0.25, 0.3) is 16.7 Å². The Bertz CT molecular complexity index is 642. The van der Waals surface area contributed by atoms with E-state index in [1.54, 1.807) is 6.20 Å². The largest absolute Gasteiger partial charge is 0.330 e. The number of fused-ring (bicyclic) bond motifs is 3. The predicted octanol–water partition coefficient (Wildman–Crippen LogP) is 1.38. The smallest absolute Gasteiger partial charge is 0.137 e. The molecule has 3 heterocycles. The molecule has 0 amide bonds. The lowest BCUT2D eigenvalue weighted by Gasteiger charge is -2.01. The molecule has 0 saturated heterocycles. The van der Waals surface area contributed by atoms with Crippen molar-refractivity contribution in [2.45, 2.75) is 6.42 Å². The van der Waals surface area contributed by atoms with E-state index in [0.717, 1.165) is 28.8 Å². The molecule has 0 aromatic carbocycles. The Morgan fingerprint density at radius 1 is 1.25 bits per heavy atom. The second-order valence-electron chi connectivity index (χ2n) is 3.70. The van der Waals surface area contributed by atoms with Crippen LogP contribution in [0, 0.1) is 0 Å². The summed E-state index contributed by atoms with van der Waals surface area (Å²) in [5.41, 5.74) is 9.60. The Hall–Kier alpha value is -1.94. The molecular weight excluding hydrogens is 200 g/mol. The predicted molar refractivity (Wildman–Crippen MR) is 63.3 cm³/mol. The molecule has 80 valence electrons. The normalized spacial score (nSPS) is 11.3. The summed E-state index contributed by atoms with van der Waals surface area (Å²) >= 11 is 0. The van der Waals surface area contributed by atoms with Gasteiger partial charge in [0.15, 0.2) is 0 Å². The summed E-state index contributed by atoms with van der Waals surface area (Å²) in [5, 5.41) is 0. The lowest BCUT2D eigenvalue weighted by atomic mass is 10.2. The van der Waals surface area contributed by atoms with Crippen LogP contribution in [-0.2, 0) is 6.42 Å². The molecule has 3 aromatic heterocycles. The van der Waals surface area contributed by atoms with Gasteiger partial charge in [-0.15, -0.1) is 0 Å². The van der Waals surface area contributed by atoms with Gasteiger partial charge in [-0.3, -0.25) is 9.38 Å². The number of nitrogens with zero attached hydrogens (tertiary/aromatic N) is 3. The minimum absolute atomic E-state index is 0.603. The summed E-state index contributed by atoms with van der Waals surface area (Å²) < 4.78 is 2.06. The molecule has 16 heavy (non-hydrogen) atoms. The fourth-order valence-electron chi connectivity index (χ4n) is 2.00. The van der Waals surface area contributed by atoms with E-state index in [-0.39, 0.29) is 0 Å². The molecule has 0 saturated carbocycles. The molecule has 0 atom stereocenters. The Morgan fingerprint density at radius 2 is 2.19 bits per heavy atom. The summed E-state index contributed by atoms with van der Waals surface area (Å²) in [4.78, 5) is 8.92.